The summed E-state index contributed by atoms with van der Waals surface area (Å²) in [6.45, 7) is 6.88. The lowest BCUT2D eigenvalue weighted by Crippen LogP contribution is -2.26. The molecule has 2 N–H and O–H groups in total. The summed E-state index contributed by atoms with van der Waals surface area (Å²) in [5.41, 5.74) is 5.69. The monoisotopic (exact) mass is 253 g/mol. The minimum atomic E-state index is 0.0298. The summed E-state index contributed by atoms with van der Waals surface area (Å²) < 4.78 is 0. The van der Waals surface area contributed by atoms with Gasteiger partial charge in [0.25, 0.3) is 0 Å². The number of hydrogen-bond acceptors (Lipinski definition) is 3. The van der Waals surface area contributed by atoms with Crippen LogP contribution in [-0.2, 0) is 17.6 Å². The van der Waals surface area contributed by atoms with Gasteiger partial charge < -0.3 is 5.73 Å². The van der Waals surface area contributed by atoms with Crippen molar-refractivity contribution in [3.63, 3.8) is 0 Å². The van der Waals surface area contributed by atoms with Gasteiger partial charge in [-0.2, -0.15) is 0 Å². The van der Waals surface area contributed by atoms with Crippen molar-refractivity contribution in [3.8, 4) is 0 Å². The highest BCUT2D eigenvalue weighted by Crippen LogP contribution is 2.20. The number of carbonyl (C=O) groups excluding carboxylic acids is 1. The largest absolute Gasteiger partial charge is 0.330 e. The molecule has 0 aliphatic carbocycles. The molecule has 0 saturated heterocycles. The second-order valence-corrected chi connectivity index (χ2v) is 6.18. The Morgan fingerprint density at radius 2 is 2.00 bits per heavy atom. The molecule has 17 heavy (non-hydrogen) atoms. The van der Waals surface area contributed by atoms with Crippen LogP contribution in [0.5, 0.6) is 0 Å². The van der Waals surface area contributed by atoms with Gasteiger partial charge in [0.2, 0.25) is 0 Å². The fraction of sp³-hybridized carbons (Fsp3) is 0.643. The summed E-state index contributed by atoms with van der Waals surface area (Å²) in [6.07, 6.45) is 2.51. The third-order valence-corrected chi connectivity index (χ3v) is 4.14. The first-order valence-electron chi connectivity index (χ1n) is 6.37. The third-order valence-electron chi connectivity index (χ3n) is 2.91. The molecule has 3 heteroatoms. The topological polar surface area (TPSA) is 43.1 Å². The normalized spacial score (nSPS) is 13.0. The van der Waals surface area contributed by atoms with Gasteiger partial charge in [0.15, 0.2) is 0 Å². The fourth-order valence-electron chi connectivity index (χ4n) is 1.95. The molecule has 2 nitrogen and oxygen atoms in total. The number of thiophene rings is 1. The van der Waals surface area contributed by atoms with Crippen LogP contribution in [0.25, 0.3) is 0 Å². The zero-order valence-corrected chi connectivity index (χ0v) is 11.8. The quantitative estimate of drug-likeness (QED) is 0.811. The first kappa shape index (κ1) is 14.4. The molecule has 0 radical (unpaired) electrons. The van der Waals surface area contributed by atoms with E-state index in [1.165, 1.54) is 9.75 Å². The van der Waals surface area contributed by atoms with Gasteiger partial charge in [-0.05, 0) is 30.9 Å². The lowest BCUT2D eigenvalue weighted by Gasteiger charge is -2.15. The standard InChI is InChI=1S/C14H23NOS/c1-4-12-5-6-13(17-12)8-14(16)11(9-15)7-10(2)3/h5-6,10-11H,4,7-9,15H2,1-3H3. The van der Waals surface area contributed by atoms with Crippen LogP contribution in [0.15, 0.2) is 12.1 Å². The molecule has 96 valence electrons. The van der Waals surface area contributed by atoms with E-state index in [1.807, 2.05) is 0 Å². The summed E-state index contributed by atoms with van der Waals surface area (Å²) in [4.78, 5) is 14.6. The molecule has 1 heterocycles. The molecule has 0 fully saturated rings. The smallest absolute Gasteiger partial charge is 0.142 e. The van der Waals surface area contributed by atoms with Crippen LogP contribution in [0.4, 0.5) is 0 Å². The second kappa shape index (κ2) is 6.92. The molecule has 0 aliphatic heterocycles. The van der Waals surface area contributed by atoms with Gasteiger partial charge in [0.1, 0.15) is 5.78 Å². The van der Waals surface area contributed by atoms with Gasteiger partial charge in [-0.25, -0.2) is 0 Å². The Morgan fingerprint density at radius 1 is 1.35 bits per heavy atom. The van der Waals surface area contributed by atoms with Gasteiger partial charge in [-0.15, -0.1) is 11.3 Å². The van der Waals surface area contributed by atoms with E-state index in [2.05, 4.69) is 32.9 Å². The van der Waals surface area contributed by atoms with Crippen LogP contribution < -0.4 is 5.73 Å². The maximum atomic E-state index is 12.1. The van der Waals surface area contributed by atoms with E-state index in [1.54, 1.807) is 11.3 Å². The Kier molecular flexibility index (Phi) is 5.86. The summed E-state index contributed by atoms with van der Waals surface area (Å²) in [7, 11) is 0. The molecule has 0 aliphatic rings. The molecule has 1 rings (SSSR count). The molecule has 1 aromatic heterocycles. The van der Waals surface area contributed by atoms with Crippen molar-refractivity contribution in [2.24, 2.45) is 17.6 Å². The van der Waals surface area contributed by atoms with Gasteiger partial charge in [0.05, 0.1) is 0 Å². The second-order valence-electron chi connectivity index (χ2n) is 4.93. The zero-order valence-electron chi connectivity index (χ0n) is 11.0. The molecule has 0 aromatic carbocycles. The van der Waals surface area contributed by atoms with Gasteiger partial charge in [0, 0.05) is 28.6 Å². The molecule has 0 spiro atoms. The maximum Gasteiger partial charge on any atom is 0.142 e. The molecular weight excluding hydrogens is 230 g/mol. The van der Waals surface area contributed by atoms with Crippen LogP contribution in [0, 0.1) is 11.8 Å². The van der Waals surface area contributed by atoms with Gasteiger partial charge in [-0.1, -0.05) is 20.8 Å². The Morgan fingerprint density at radius 3 is 2.47 bits per heavy atom. The lowest BCUT2D eigenvalue weighted by atomic mass is 9.91. The molecule has 0 bridgehead atoms. The average Bonchev–Trinajstić information content (AvgIpc) is 2.73. The summed E-state index contributed by atoms with van der Waals surface area (Å²) in [6, 6.07) is 4.19. The van der Waals surface area contributed by atoms with E-state index < -0.39 is 0 Å². The Balaban J connectivity index is 2.57. The van der Waals surface area contributed by atoms with Crippen LogP contribution in [0.3, 0.4) is 0 Å². The fourth-order valence-corrected chi connectivity index (χ4v) is 2.92. The zero-order chi connectivity index (χ0) is 12.8. The van der Waals surface area contributed by atoms with Crippen LogP contribution in [-0.4, -0.2) is 12.3 Å². The first-order valence-corrected chi connectivity index (χ1v) is 7.18. The van der Waals surface area contributed by atoms with E-state index in [0.29, 0.717) is 24.7 Å². The third kappa shape index (κ3) is 4.60. The first-order chi connectivity index (χ1) is 8.06. The minimum absolute atomic E-state index is 0.0298. The number of Topliss-reactive ketones (excluding diaryl/α,β-unsaturated/α-hetero) is 1. The highest BCUT2D eigenvalue weighted by atomic mass is 32.1. The number of ketones is 1. The van der Waals surface area contributed by atoms with Crippen molar-refractivity contribution in [2.75, 3.05) is 6.54 Å². The highest BCUT2D eigenvalue weighted by Gasteiger charge is 2.18. The summed E-state index contributed by atoms with van der Waals surface area (Å²) in [5.74, 6) is 0.856. The predicted molar refractivity (Wildman–Crippen MR) is 74.4 cm³/mol. The van der Waals surface area contributed by atoms with Crippen LogP contribution in [0.2, 0.25) is 0 Å². The number of rotatable bonds is 7. The van der Waals surface area contributed by atoms with Crippen LogP contribution >= 0.6 is 11.3 Å². The number of nitrogens with two attached hydrogens (primary N) is 1. The van der Waals surface area contributed by atoms with E-state index in [-0.39, 0.29) is 5.92 Å². The van der Waals surface area contributed by atoms with Crippen molar-refractivity contribution in [2.45, 2.75) is 40.0 Å². The number of carbonyl (C=O) groups is 1. The Hall–Kier alpha value is -0.670. The van der Waals surface area contributed by atoms with E-state index in [0.717, 1.165) is 12.8 Å². The predicted octanol–water partition coefficient (Wildman–Crippen LogP) is 3.04. The van der Waals surface area contributed by atoms with Gasteiger partial charge >= 0.3 is 0 Å². The van der Waals surface area contributed by atoms with Crippen molar-refractivity contribution >= 4 is 17.1 Å². The number of hydrogen-bond donors (Lipinski definition) is 1. The van der Waals surface area contributed by atoms with E-state index in [4.69, 9.17) is 5.73 Å². The molecule has 1 aromatic rings. The Labute approximate surface area is 108 Å². The van der Waals surface area contributed by atoms with Crippen molar-refractivity contribution in [1.29, 1.82) is 0 Å². The summed E-state index contributed by atoms with van der Waals surface area (Å²) >= 11 is 1.75. The Bertz CT molecular complexity index is 357. The lowest BCUT2D eigenvalue weighted by molar-refractivity contribution is -0.122. The molecular formula is C14H23NOS. The maximum absolute atomic E-state index is 12.1. The molecule has 0 amide bonds. The van der Waals surface area contributed by atoms with Crippen molar-refractivity contribution in [3.05, 3.63) is 21.9 Å². The highest BCUT2D eigenvalue weighted by molar-refractivity contribution is 7.12. The minimum Gasteiger partial charge on any atom is -0.330 e. The van der Waals surface area contributed by atoms with E-state index >= 15 is 0 Å². The summed E-state index contributed by atoms with van der Waals surface area (Å²) in [5, 5.41) is 0. The average molecular weight is 253 g/mol. The van der Waals surface area contributed by atoms with Crippen LogP contribution in [0.1, 0.15) is 36.9 Å². The van der Waals surface area contributed by atoms with E-state index in [9.17, 15) is 4.79 Å². The SMILES string of the molecule is CCc1ccc(CC(=O)C(CN)CC(C)C)s1. The molecule has 0 saturated carbocycles. The molecule has 1 atom stereocenters. The number of aryl methyl sites for hydroxylation is 1. The van der Waals surface area contributed by atoms with Crippen molar-refractivity contribution < 1.29 is 4.79 Å². The molecule has 1 unspecified atom stereocenters. The van der Waals surface area contributed by atoms with Gasteiger partial charge in [-0.3, -0.25) is 4.79 Å². The van der Waals surface area contributed by atoms with Crippen molar-refractivity contribution in [1.82, 2.24) is 0 Å².